The fourth-order valence-electron chi connectivity index (χ4n) is 4.12. The maximum absolute atomic E-state index is 12.7. The third kappa shape index (κ3) is 2.56. The van der Waals surface area contributed by atoms with Crippen molar-refractivity contribution >= 4 is 22.5 Å². The zero-order valence-electron chi connectivity index (χ0n) is 12.5. The van der Waals surface area contributed by atoms with Crippen LogP contribution < -0.4 is 5.32 Å². The van der Waals surface area contributed by atoms with E-state index in [0.29, 0.717) is 18.0 Å². The molecule has 114 valence electrons. The van der Waals surface area contributed by atoms with Crippen LogP contribution in [0.5, 0.6) is 0 Å². The Hall–Kier alpha value is -1.10. The van der Waals surface area contributed by atoms with Crippen LogP contribution in [0.1, 0.15) is 63.5 Å². The van der Waals surface area contributed by atoms with Crippen LogP contribution >= 0.6 is 11.3 Å². The molecular formula is C16H23N3OS. The van der Waals surface area contributed by atoms with Gasteiger partial charge in [-0.25, -0.2) is 9.78 Å². The highest BCUT2D eigenvalue weighted by molar-refractivity contribution is 7.13. The number of rotatable bonds is 2. The Morgan fingerprint density at radius 1 is 1.33 bits per heavy atom. The first-order chi connectivity index (χ1) is 10.2. The Balaban J connectivity index is 1.45. The summed E-state index contributed by atoms with van der Waals surface area (Å²) in [5.41, 5.74) is 1.17. The van der Waals surface area contributed by atoms with Crippen molar-refractivity contribution in [2.45, 2.75) is 69.9 Å². The topological polar surface area (TPSA) is 45.2 Å². The number of carbonyl (C=O) groups excluding carboxylic acids is 1. The molecule has 21 heavy (non-hydrogen) atoms. The molecule has 2 aliphatic carbocycles. The molecule has 0 radical (unpaired) electrons. The van der Waals surface area contributed by atoms with Gasteiger partial charge in [0.1, 0.15) is 0 Å². The van der Waals surface area contributed by atoms with Crippen LogP contribution in [0.15, 0.2) is 5.38 Å². The summed E-state index contributed by atoms with van der Waals surface area (Å²) in [6.07, 6.45) is 8.74. The largest absolute Gasteiger partial charge is 0.324 e. The number of hydrogen-bond acceptors (Lipinski definition) is 3. The van der Waals surface area contributed by atoms with Crippen LogP contribution in [0.3, 0.4) is 0 Å². The van der Waals surface area contributed by atoms with Gasteiger partial charge in [-0.05, 0) is 44.9 Å². The zero-order valence-corrected chi connectivity index (χ0v) is 13.4. The first-order valence-electron chi connectivity index (χ1n) is 8.27. The molecule has 1 aromatic heterocycles. The Kier molecular flexibility index (Phi) is 3.40. The SMILES string of the molecule is C[C@@H]1C[C@H]2CCCC[C@@H]2N1C(=O)Nc1nc(C2CC2)cs1. The van der Waals surface area contributed by atoms with E-state index < -0.39 is 0 Å². The molecule has 1 saturated heterocycles. The number of urea groups is 1. The predicted molar refractivity (Wildman–Crippen MR) is 84.8 cm³/mol. The molecular weight excluding hydrogens is 282 g/mol. The van der Waals surface area contributed by atoms with Gasteiger partial charge in [-0.2, -0.15) is 0 Å². The molecule has 3 aliphatic rings. The number of likely N-dealkylation sites (tertiary alicyclic amines) is 1. The van der Waals surface area contributed by atoms with Gasteiger partial charge in [0.05, 0.1) is 5.69 Å². The van der Waals surface area contributed by atoms with E-state index >= 15 is 0 Å². The fourth-order valence-corrected chi connectivity index (χ4v) is 4.91. The molecule has 2 saturated carbocycles. The monoisotopic (exact) mass is 305 g/mol. The molecule has 3 fully saturated rings. The molecule has 0 bridgehead atoms. The lowest BCUT2D eigenvalue weighted by Gasteiger charge is -2.32. The highest BCUT2D eigenvalue weighted by atomic mass is 32.1. The van der Waals surface area contributed by atoms with Gasteiger partial charge in [0, 0.05) is 23.4 Å². The van der Waals surface area contributed by atoms with Crippen LogP contribution in [0.2, 0.25) is 0 Å². The second kappa shape index (κ2) is 5.27. The summed E-state index contributed by atoms with van der Waals surface area (Å²) in [5, 5.41) is 5.92. The number of nitrogens with zero attached hydrogens (tertiary/aromatic N) is 2. The molecule has 1 aliphatic heterocycles. The van der Waals surface area contributed by atoms with Gasteiger partial charge in [-0.3, -0.25) is 5.32 Å². The van der Waals surface area contributed by atoms with Gasteiger partial charge in [0.25, 0.3) is 0 Å². The van der Waals surface area contributed by atoms with Crippen molar-refractivity contribution in [1.29, 1.82) is 0 Å². The van der Waals surface area contributed by atoms with Gasteiger partial charge in [-0.15, -0.1) is 11.3 Å². The number of nitrogens with one attached hydrogen (secondary N) is 1. The molecule has 0 unspecified atom stereocenters. The van der Waals surface area contributed by atoms with Crippen LogP contribution in [-0.4, -0.2) is 28.0 Å². The lowest BCUT2D eigenvalue weighted by atomic mass is 9.85. The number of aromatic nitrogens is 1. The molecule has 0 spiro atoms. The normalized spacial score (nSPS) is 32.0. The van der Waals surface area contributed by atoms with Gasteiger partial charge >= 0.3 is 6.03 Å². The van der Waals surface area contributed by atoms with Crippen LogP contribution in [0.25, 0.3) is 0 Å². The summed E-state index contributed by atoms with van der Waals surface area (Å²) in [6.45, 7) is 2.19. The highest BCUT2D eigenvalue weighted by Gasteiger charge is 2.42. The van der Waals surface area contributed by atoms with Crippen molar-refractivity contribution in [3.8, 4) is 0 Å². The number of carbonyl (C=O) groups is 1. The molecule has 4 nitrogen and oxygen atoms in total. The number of anilines is 1. The van der Waals surface area contributed by atoms with Crippen LogP contribution in [0, 0.1) is 5.92 Å². The van der Waals surface area contributed by atoms with Crippen LogP contribution in [0.4, 0.5) is 9.93 Å². The van der Waals surface area contributed by atoms with Crippen LogP contribution in [-0.2, 0) is 0 Å². The molecule has 4 rings (SSSR count). The predicted octanol–water partition coefficient (Wildman–Crippen LogP) is 4.21. The third-order valence-corrected chi connectivity index (χ3v) is 6.09. The van der Waals surface area contributed by atoms with Gasteiger partial charge < -0.3 is 4.90 Å². The lowest BCUT2D eigenvalue weighted by Crippen LogP contribution is -2.44. The summed E-state index contributed by atoms with van der Waals surface area (Å²) in [6, 6.07) is 0.881. The second-order valence-corrected chi connectivity index (χ2v) is 7.74. The van der Waals surface area contributed by atoms with Crippen molar-refractivity contribution < 1.29 is 4.79 Å². The molecule has 3 atom stereocenters. The third-order valence-electron chi connectivity index (χ3n) is 5.31. The van der Waals surface area contributed by atoms with E-state index in [1.54, 1.807) is 11.3 Å². The molecule has 2 amide bonds. The zero-order chi connectivity index (χ0) is 14.4. The maximum atomic E-state index is 12.7. The van der Waals surface area contributed by atoms with Crippen molar-refractivity contribution in [1.82, 2.24) is 9.88 Å². The van der Waals surface area contributed by atoms with E-state index in [1.165, 1.54) is 50.6 Å². The summed E-state index contributed by atoms with van der Waals surface area (Å²) in [7, 11) is 0. The Morgan fingerprint density at radius 3 is 2.95 bits per heavy atom. The number of amides is 2. The number of thiazole rings is 1. The quantitative estimate of drug-likeness (QED) is 0.889. The van der Waals surface area contributed by atoms with Crippen molar-refractivity contribution in [3.05, 3.63) is 11.1 Å². The first-order valence-corrected chi connectivity index (χ1v) is 9.15. The molecule has 1 aromatic rings. The minimum Gasteiger partial charge on any atom is -0.319 e. The summed E-state index contributed by atoms with van der Waals surface area (Å²) < 4.78 is 0. The van der Waals surface area contributed by atoms with Crippen molar-refractivity contribution in [2.24, 2.45) is 5.92 Å². The van der Waals surface area contributed by atoms with E-state index in [-0.39, 0.29) is 6.03 Å². The number of hydrogen-bond donors (Lipinski definition) is 1. The second-order valence-electron chi connectivity index (χ2n) is 6.89. The van der Waals surface area contributed by atoms with Gasteiger partial charge in [0.15, 0.2) is 5.13 Å². The molecule has 5 heteroatoms. The maximum Gasteiger partial charge on any atom is 0.324 e. The molecule has 2 heterocycles. The van der Waals surface area contributed by atoms with E-state index in [1.807, 2.05) is 0 Å². The van der Waals surface area contributed by atoms with Crippen molar-refractivity contribution in [3.63, 3.8) is 0 Å². The lowest BCUT2D eigenvalue weighted by molar-refractivity contribution is 0.168. The summed E-state index contributed by atoms with van der Waals surface area (Å²) in [5.74, 6) is 1.37. The number of fused-ring (bicyclic) bond motifs is 1. The average molecular weight is 305 g/mol. The van der Waals surface area contributed by atoms with Gasteiger partial charge in [0.2, 0.25) is 0 Å². The van der Waals surface area contributed by atoms with Crippen molar-refractivity contribution in [2.75, 3.05) is 5.32 Å². The summed E-state index contributed by atoms with van der Waals surface area (Å²) in [4.78, 5) is 19.3. The standard InChI is InChI=1S/C16H23N3OS/c1-10-8-12-4-2-3-5-14(12)19(10)16(20)18-15-17-13(9-21-15)11-6-7-11/h9-12,14H,2-8H2,1H3,(H,17,18,20)/t10-,12-,14+/m1/s1. The Morgan fingerprint density at radius 2 is 2.14 bits per heavy atom. The summed E-state index contributed by atoms with van der Waals surface area (Å²) >= 11 is 1.57. The van der Waals surface area contributed by atoms with E-state index in [0.717, 1.165) is 11.0 Å². The van der Waals surface area contributed by atoms with E-state index in [2.05, 4.69) is 27.5 Å². The Labute approximate surface area is 129 Å². The highest BCUT2D eigenvalue weighted by Crippen LogP contribution is 2.42. The van der Waals surface area contributed by atoms with E-state index in [4.69, 9.17) is 0 Å². The van der Waals surface area contributed by atoms with E-state index in [9.17, 15) is 4.79 Å². The Bertz CT molecular complexity index is 539. The minimum atomic E-state index is 0.0635. The molecule has 1 N–H and O–H groups in total. The minimum absolute atomic E-state index is 0.0635. The average Bonchev–Trinajstić information content (AvgIpc) is 3.12. The van der Waals surface area contributed by atoms with Gasteiger partial charge in [-0.1, -0.05) is 12.8 Å². The smallest absolute Gasteiger partial charge is 0.319 e. The fraction of sp³-hybridized carbons (Fsp3) is 0.750. The molecule has 0 aromatic carbocycles. The first kappa shape index (κ1) is 13.6.